The van der Waals surface area contributed by atoms with Crippen LogP contribution in [0.2, 0.25) is 5.02 Å². The fourth-order valence-corrected chi connectivity index (χ4v) is 2.52. The van der Waals surface area contributed by atoms with Gasteiger partial charge in [-0.3, -0.25) is 0 Å². The second-order valence-corrected chi connectivity index (χ2v) is 5.84. The molecule has 0 fully saturated rings. The number of hydrogen-bond acceptors (Lipinski definition) is 3. The predicted molar refractivity (Wildman–Crippen MR) is 92.2 cm³/mol. The number of aliphatic carboxylic acids is 1. The summed E-state index contributed by atoms with van der Waals surface area (Å²) in [7, 11) is 0. The summed E-state index contributed by atoms with van der Waals surface area (Å²) in [5, 5.41) is 18.6. The van der Waals surface area contributed by atoms with Crippen LogP contribution in [-0.4, -0.2) is 17.7 Å². The van der Waals surface area contributed by atoms with E-state index in [4.69, 9.17) is 21.4 Å². The number of benzene rings is 2. The molecule has 2 aromatic rings. The maximum Gasteiger partial charge on any atom is 0.341 e. The van der Waals surface area contributed by atoms with E-state index in [9.17, 15) is 10.1 Å². The van der Waals surface area contributed by atoms with Gasteiger partial charge in [0.1, 0.15) is 5.75 Å². The van der Waals surface area contributed by atoms with E-state index in [1.54, 1.807) is 48.5 Å². The Morgan fingerprint density at radius 2 is 2.09 bits per heavy atom. The number of carboxylic acid groups (broad SMARTS) is 1. The minimum Gasteiger partial charge on any atom is -0.481 e. The van der Waals surface area contributed by atoms with Crippen LogP contribution in [-0.2, 0) is 4.79 Å². The second kappa shape index (κ2) is 7.82. The minimum atomic E-state index is -1.07. The number of carbonyl (C=O) groups is 1. The Morgan fingerprint density at radius 1 is 1.35 bits per heavy atom. The van der Waals surface area contributed by atoms with E-state index < -0.39 is 12.6 Å². The van der Waals surface area contributed by atoms with Crippen molar-refractivity contribution in [2.45, 2.75) is 0 Å². The third kappa shape index (κ3) is 4.59. The van der Waals surface area contributed by atoms with Crippen molar-refractivity contribution in [3.63, 3.8) is 0 Å². The molecule has 0 saturated heterocycles. The third-order valence-corrected chi connectivity index (χ3v) is 3.73. The summed E-state index contributed by atoms with van der Waals surface area (Å²) in [5.74, 6) is -0.704. The van der Waals surface area contributed by atoms with Gasteiger partial charge in [0.25, 0.3) is 0 Å². The fourth-order valence-electron chi connectivity index (χ4n) is 1.91. The Bertz CT molecular complexity index is 812. The van der Waals surface area contributed by atoms with Gasteiger partial charge in [-0.2, -0.15) is 5.26 Å². The van der Waals surface area contributed by atoms with Gasteiger partial charge in [-0.05, 0) is 30.3 Å². The van der Waals surface area contributed by atoms with E-state index in [2.05, 4.69) is 22.0 Å². The van der Waals surface area contributed by atoms with Gasteiger partial charge in [-0.1, -0.05) is 45.7 Å². The van der Waals surface area contributed by atoms with E-state index in [1.165, 1.54) is 0 Å². The van der Waals surface area contributed by atoms with Crippen LogP contribution in [0.15, 0.2) is 46.9 Å². The van der Waals surface area contributed by atoms with Crippen LogP contribution in [0, 0.1) is 11.3 Å². The average Bonchev–Trinajstić information content (AvgIpc) is 2.52. The molecule has 0 bridgehead atoms. The van der Waals surface area contributed by atoms with E-state index >= 15 is 0 Å². The van der Waals surface area contributed by atoms with Crippen LogP contribution < -0.4 is 4.74 Å². The standard InChI is InChI=1S/C17H11BrClNO3/c18-13-5-6-16(23-10-17(21)22)11(8-13)7-12(9-20)14-3-1-2-4-15(14)19/h1-8H,10H2,(H,21,22). The molecule has 0 amide bonds. The van der Waals surface area contributed by atoms with Crippen molar-refractivity contribution in [3.05, 3.63) is 63.1 Å². The van der Waals surface area contributed by atoms with Gasteiger partial charge in [-0.15, -0.1) is 0 Å². The normalized spacial score (nSPS) is 10.9. The highest BCUT2D eigenvalue weighted by molar-refractivity contribution is 9.10. The van der Waals surface area contributed by atoms with Crippen molar-refractivity contribution in [3.8, 4) is 11.8 Å². The van der Waals surface area contributed by atoms with Crippen molar-refractivity contribution in [1.29, 1.82) is 5.26 Å². The maximum atomic E-state index is 10.7. The molecular weight excluding hydrogens is 382 g/mol. The third-order valence-electron chi connectivity index (χ3n) is 2.91. The highest BCUT2D eigenvalue weighted by atomic mass is 79.9. The quantitative estimate of drug-likeness (QED) is 0.595. The van der Waals surface area contributed by atoms with Gasteiger partial charge in [-0.25, -0.2) is 4.79 Å². The SMILES string of the molecule is N#CC(=Cc1cc(Br)ccc1OCC(=O)O)c1ccccc1Cl. The lowest BCUT2D eigenvalue weighted by Gasteiger charge is -2.09. The van der Waals surface area contributed by atoms with Crippen molar-refractivity contribution in [1.82, 2.24) is 0 Å². The van der Waals surface area contributed by atoms with Crippen molar-refractivity contribution in [2.75, 3.05) is 6.61 Å². The zero-order chi connectivity index (χ0) is 16.8. The molecule has 0 aliphatic heterocycles. The first-order valence-electron chi connectivity index (χ1n) is 6.52. The molecule has 6 heteroatoms. The first kappa shape index (κ1) is 17.1. The first-order chi connectivity index (χ1) is 11.0. The molecule has 0 saturated carbocycles. The molecule has 4 nitrogen and oxygen atoms in total. The van der Waals surface area contributed by atoms with Crippen LogP contribution in [0.5, 0.6) is 5.75 Å². The maximum absolute atomic E-state index is 10.7. The summed E-state index contributed by atoms with van der Waals surface area (Å²) in [4.78, 5) is 10.7. The molecule has 0 radical (unpaired) electrons. The Labute approximate surface area is 146 Å². The Hall–Kier alpha value is -2.29. The van der Waals surface area contributed by atoms with E-state index in [0.717, 1.165) is 4.47 Å². The summed E-state index contributed by atoms with van der Waals surface area (Å²) in [6.45, 7) is -0.462. The Morgan fingerprint density at radius 3 is 2.74 bits per heavy atom. The average molecular weight is 393 g/mol. The van der Waals surface area contributed by atoms with E-state index in [1.807, 2.05) is 0 Å². The number of ether oxygens (including phenoxy) is 1. The Kier molecular flexibility index (Phi) is 5.80. The molecular formula is C17H11BrClNO3. The number of hydrogen-bond donors (Lipinski definition) is 1. The van der Waals surface area contributed by atoms with E-state index in [0.29, 0.717) is 27.5 Å². The lowest BCUT2D eigenvalue weighted by atomic mass is 10.0. The molecule has 1 N–H and O–H groups in total. The molecule has 0 unspecified atom stereocenters. The summed E-state index contributed by atoms with van der Waals surface area (Å²) in [6.07, 6.45) is 1.61. The molecule has 2 rings (SSSR count). The lowest BCUT2D eigenvalue weighted by Crippen LogP contribution is -2.10. The smallest absolute Gasteiger partial charge is 0.341 e. The van der Waals surface area contributed by atoms with Gasteiger partial charge in [0.05, 0.1) is 11.6 Å². The van der Waals surface area contributed by atoms with Crippen LogP contribution in [0.4, 0.5) is 0 Å². The Balaban J connectivity index is 2.47. The lowest BCUT2D eigenvalue weighted by molar-refractivity contribution is -0.139. The van der Waals surface area contributed by atoms with Gasteiger partial charge in [0.2, 0.25) is 0 Å². The highest BCUT2D eigenvalue weighted by Gasteiger charge is 2.10. The number of halogens is 2. The van der Waals surface area contributed by atoms with Crippen molar-refractivity contribution in [2.24, 2.45) is 0 Å². The predicted octanol–water partition coefficient (Wildman–Crippen LogP) is 4.63. The fraction of sp³-hybridized carbons (Fsp3) is 0.0588. The number of carboxylic acids is 1. The van der Waals surface area contributed by atoms with Crippen molar-refractivity contribution < 1.29 is 14.6 Å². The zero-order valence-electron chi connectivity index (χ0n) is 11.8. The van der Waals surface area contributed by atoms with Crippen LogP contribution in [0.3, 0.4) is 0 Å². The number of nitriles is 1. The number of rotatable bonds is 5. The summed E-state index contributed by atoms with van der Waals surface area (Å²) >= 11 is 9.48. The monoisotopic (exact) mass is 391 g/mol. The largest absolute Gasteiger partial charge is 0.481 e. The molecule has 0 spiro atoms. The van der Waals surface area contributed by atoms with Gasteiger partial charge in [0.15, 0.2) is 6.61 Å². The number of allylic oxidation sites excluding steroid dienone is 1. The molecule has 2 aromatic carbocycles. The molecule has 0 aliphatic rings. The molecule has 23 heavy (non-hydrogen) atoms. The van der Waals surface area contributed by atoms with Crippen LogP contribution in [0.25, 0.3) is 11.6 Å². The molecule has 0 aromatic heterocycles. The highest BCUT2D eigenvalue weighted by Crippen LogP contribution is 2.30. The first-order valence-corrected chi connectivity index (χ1v) is 7.69. The zero-order valence-corrected chi connectivity index (χ0v) is 14.1. The van der Waals surface area contributed by atoms with Crippen LogP contribution in [0.1, 0.15) is 11.1 Å². The molecule has 0 aliphatic carbocycles. The van der Waals surface area contributed by atoms with Gasteiger partial charge < -0.3 is 9.84 Å². The van der Waals surface area contributed by atoms with E-state index in [-0.39, 0.29) is 0 Å². The molecule has 0 heterocycles. The number of nitrogens with zero attached hydrogens (tertiary/aromatic N) is 1. The molecule has 116 valence electrons. The van der Waals surface area contributed by atoms with Gasteiger partial charge >= 0.3 is 5.97 Å². The second-order valence-electron chi connectivity index (χ2n) is 4.51. The summed E-state index contributed by atoms with van der Waals surface area (Å²) in [6, 6.07) is 14.2. The summed E-state index contributed by atoms with van der Waals surface area (Å²) in [5.41, 5.74) is 1.53. The molecule has 0 atom stereocenters. The van der Waals surface area contributed by atoms with Gasteiger partial charge in [0, 0.05) is 20.6 Å². The van der Waals surface area contributed by atoms with Crippen molar-refractivity contribution >= 4 is 45.1 Å². The van der Waals surface area contributed by atoms with Crippen LogP contribution >= 0.6 is 27.5 Å². The summed E-state index contributed by atoms with van der Waals surface area (Å²) < 4.78 is 6.04. The topological polar surface area (TPSA) is 70.3 Å². The minimum absolute atomic E-state index is 0.355.